The Morgan fingerprint density at radius 1 is 1.50 bits per heavy atom. The van der Waals surface area contributed by atoms with Crippen molar-refractivity contribution in [1.29, 1.82) is 5.26 Å². The average molecular weight is 189 g/mol. The third-order valence-electron chi connectivity index (χ3n) is 1.72. The van der Waals surface area contributed by atoms with Gasteiger partial charge in [-0.05, 0) is 6.07 Å². The van der Waals surface area contributed by atoms with Crippen LogP contribution in [-0.4, -0.2) is 11.1 Å². The maximum absolute atomic E-state index is 11.3. The predicted molar refractivity (Wildman–Crippen MR) is 53.6 cm³/mol. The van der Waals surface area contributed by atoms with Crippen molar-refractivity contribution in [3.05, 3.63) is 46.4 Å². The van der Waals surface area contributed by atoms with Gasteiger partial charge in [0.15, 0.2) is 0 Å². The average Bonchev–Trinajstić information content (AvgIpc) is 2.21. The molecule has 0 aliphatic rings. The molecule has 4 heteroatoms. The SMILES string of the molecule is N#Cc1ccc(=O)n(C/C=C/CN)c1. The van der Waals surface area contributed by atoms with E-state index in [1.165, 1.54) is 22.9 Å². The summed E-state index contributed by atoms with van der Waals surface area (Å²) in [7, 11) is 0. The number of nitrogens with zero attached hydrogens (tertiary/aromatic N) is 2. The first-order valence-corrected chi connectivity index (χ1v) is 4.23. The molecule has 0 unspecified atom stereocenters. The molecule has 0 aromatic carbocycles. The zero-order valence-corrected chi connectivity index (χ0v) is 7.68. The standard InChI is InChI=1S/C10H11N3O/c11-5-1-2-6-13-8-9(7-12)3-4-10(13)14/h1-4,8H,5-6,11H2/b2-1+. The van der Waals surface area contributed by atoms with E-state index >= 15 is 0 Å². The molecular formula is C10H11N3O. The van der Waals surface area contributed by atoms with Crippen molar-refractivity contribution in [2.24, 2.45) is 5.73 Å². The number of nitriles is 1. The molecule has 0 amide bonds. The predicted octanol–water partition coefficient (Wildman–Crippen LogP) is 0.235. The van der Waals surface area contributed by atoms with E-state index in [1.807, 2.05) is 6.07 Å². The largest absolute Gasteiger partial charge is 0.327 e. The van der Waals surface area contributed by atoms with Gasteiger partial charge in [-0.2, -0.15) is 5.26 Å². The molecule has 0 saturated carbocycles. The van der Waals surface area contributed by atoms with Crippen molar-refractivity contribution in [3.8, 4) is 6.07 Å². The van der Waals surface area contributed by atoms with Crippen LogP contribution in [0.2, 0.25) is 0 Å². The third-order valence-corrected chi connectivity index (χ3v) is 1.72. The second kappa shape index (κ2) is 5.00. The lowest BCUT2D eigenvalue weighted by molar-refractivity contribution is 0.775. The summed E-state index contributed by atoms with van der Waals surface area (Å²) in [6.07, 6.45) is 5.09. The number of hydrogen-bond donors (Lipinski definition) is 1. The molecule has 1 rings (SSSR count). The van der Waals surface area contributed by atoms with Crippen LogP contribution >= 0.6 is 0 Å². The third kappa shape index (κ3) is 2.57. The fourth-order valence-electron chi connectivity index (χ4n) is 1.02. The Hall–Kier alpha value is -1.86. The summed E-state index contributed by atoms with van der Waals surface area (Å²) in [5.74, 6) is 0. The molecule has 0 saturated heterocycles. The number of pyridine rings is 1. The van der Waals surface area contributed by atoms with Gasteiger partial charge in [0.05, 0.1) is 5.56 Å². The zero-order chi connectivity index (χ0) is 10.4. The van der Waals surface area contributed by atoms with Crippen LogP contribution in [0, 0.1) is 11.3 Å². The molecule has 1 aromatic heterocycles. The second-order valence-corrected chi connectivity index (χ2v) is 2.73. The van der Waals surface area contributed by atoms with Crippen LogP contribution in [0.5, 0.6) is 0 Å². The van der Waals surface area contributed by atoms with E-state index in [1.54, 1.807) is 12.2 Å². The van der Waals surface area contributed by atoms with E-state index in [4.69, 9.17) is 11.0 Å². The van der Waals surface area contributed by atoms with Gasteiger partial charge < -0.3 is 10.3 Å². The summed E-state index contributed by atoms with van der Waals surface area (Å²) in [6, 6.07) is 4.87. The van der Waals surface area contributed by atoms with Crippen molar-refractivity contribution >= 4 is 0 Å². The molecule has 0 spiro atoms. The fourth-order valence-corrected chi connectivity index (χ4v) is 1.02. The molecule has 0 radical (unpaired) electrons. The highest BCUT2D eigenvalue weighted by Crippen LogP contribution is 1.92. The highest BCUT2D eigenvalue weighted by molar-refractivity contribution is 5.24. The minimum absolute atomic E-state index is 0.120. The highest BCUT2D eigenvalue weighted by atomic mass is 16.1. The van der Waals surface area contributed by atoms with Crippen molar-refractivity contribution in [3.63, 3.8) is 0 Å². The lowest BCUT2D eigenvalue weighted by atomic mass is 10.3. The van der Waals surface area contributed by atoms with Crippen LogP contribution in [0.15, 0.2) is 35.3 Å². The summed E-state index contributed by atoms with van der Waals surface area (Å²) in [5, 5.41) is 8.62. The van der Waals surface area contributed by atoms with E-state index in [9.17, 15) is 4.79 Å². The van der Waals surface area contributed by atoms with E-state index < -0.39 is 0 Å². The summed E-state index contributed by atoms with van der Waals surface area (Å²) in [5.41, 5.74) is 5.62. The summed E-state index contributed by atoms with van der Waals surface area (Å²) in [6.45, 7) is 0.901. The van der Waals surface area contributed by atoms with Crippen LogP contribution in [0.25, 0.3) is 0 Å². The number of rotatable bonds is 3. The maximum Gasteiger partial charge on any atom is 0.250 e. The topological polar surface area (TPSA) is 71.8 Å². The van der Waals surface area contributed by atoms with Crippen LogP contribution in [0.1, 0.15) is 5.56 Å². The van der Waals surface area contributed by atoms with Crippen molar-refractivity contribution in [2.45, 2.75) is 6.54 Å². The van der Waals surface area contributed by atoms with Gasteiger partial charge in [0, 0.05) is 25.4 Å². The Kier molecular flexibility index (Phi) is 3.65. The molecule has 14 heavy (non-hydrogen) atoms. The lowest BCUT2D eigenvalue weighted by Gasteiger charge is -2.00. The molecule has 2 N–H and O–H groups in total. The first-order chi connectivity index (χ1) is 6.77. The van der Waals surface area contributed by atoms with Gasteiger partial charge in [-0.3, -0.25) is 4.79 Å². The molecule has 0 atom stereocenters. The fraction of sp³-hybridized carbons (Fsp3) is 0.200. The Labute approximate surface area is 81.9 Å². The first-order valence-electron chi connectivity index (χ1n) is 4.23. The van der Waals surface area contributed by atoms with E-state index in [-0.39, 0.29) is 5.56 Å². The Balaban J connectivity index is 2.91. The summed E-state index contributed by atoms with van der Waals surface area (Å²) >= 11 is 0. The van der Waals surface area contributed by atoms with Gasteiger partial charge in [-0.15, -0.1) is 0 Å². The molecule has 0 aliphatic carbocycles. The van der Waals surface area contributed by atoms with E-state index in [0.717, 1.165) is 0 Å². The molecule has 0 aliphatic heterocycles. The first kappa shape index (κ1) is 10.2. The van der Waals surface area contributed by atoms with Crippen LogP contribution < -0.4 is 11.3 Å². The second-order valence-electron chi connectivity index (χ2n) is 2.73. The number of allylic oxidation sites excluding steroid dienone is 1. The summed E-state index contributed by atoms with van der Waals surface area (Å²) < 4.78 is 1.46. The minimum atomic E-state index is -0.120. The van der Waals surface area contributed by atoms with E-state index in [0.29, 0.717) is 18.7 Å². The number of nitrogens with two attached hydrogens (primary N) is 1. The van der Waals surface area contributed by atoms with Gasteiger partial charge in [0.25, 0.3) is 5.56 Å². The molecule has 0 fully saturated rings. The Morgan fingerprint density at radius 2 is 2.29 bits per heavy atom. The minimum Gasteiger partial charge on any atom is -0.327 e. The summed E-state index contributed by atoms with van der Waals surface area (Å²) in [4.78, 5) is 11.3. The van der Waals surface area contributed by atoms with Gasteiger partial charge in [-0.25, -0.2) is 0 Å². The van der Waals surface area contributed by atoms with Crippen molar-refractivity contribution in [2.75, 3.05) is 6.54 Å². The number of aromatic nitrogens is 1. The quantitative estimate of drug-likeness (QED) is 0.692. The lowest BCUT2D eigenvalue weighted by Crippen LogP contribution is -2.17. The molecule has 72 valence electrons. The normalized spacial score (nSPS) is 10.3. The van der Waals surface area contributed by atoms with E-state index in [2.05, 4.69) is 0 Å². The van der Waals surface area contributed by atoms with Crippen LogP contribution in [-0.2, 0) is 6.54 Å². The maximum atomic E-state index is 11.3. The molecule has 1 heterocycles. The van der Waals surface area contributed by atoms with Crippen LogP contribution in [0.3, 0.4) is 0 Å². The Bertz CT molecular complexity index is 426. The molecule has 1 aromatic rings. The Morgan fingerprint density at radius 3 is 2.93 bits per heavy atom. The van der Waals surface area contributed by atoms with Crippen molar-refractivity contribution < 1.29 is 0 Å². The molecule has 0 bridgehead atoms. The van der Waals surface area contributed by atoms with Gasteiger partial charge in [-0.1, -0.05) is 12.2 Å². The monoisotopic (exact) mass is 189 g/mol. The van der Waals surface area contributed by atoms with Gasteiger partial charge in [0.1, 0.15) is 6.07 Å². The number of hydrogen-bond acceptors (Lipinski definition) is 3. The smallest absolute Gasteiger partial charge is 0.250 e. The van der Waals surface area contributed by atoms with Crippen LogP contribution in [0.4, 0.5) is 0 Å². The van der Waals surface area contributed by atoms with Gasteiger partial charge in [0.2, 0.25) is 0 Å². The molecular weight excluding hydrogens is 178 g/mol. The highest BCUT2D eigenvalue weighted by Gasteiger charge is 1.95. The van der Waals surface area contributed by atoms with Gasteiger partial charge >= 0.3 is 0 Å². The zero-order valence-electron chi connectivity index (χ0n) is 7.68. The molecule has 4 nitrogen and oxygen atoms in total. The van der Waals surface area contributed by atoms with Crippen molar-refractivity contribution in [1.82, 2.24) is 4.57 Å².